The molecule has 78 valence electrons. The number of phenols is 2. The lowest BCUT2D eigenvalue weighted by Crippen LogP contribution is -2.00. The molecular formula is C11H10O4. The van der Waals surface area contributed by atoms with E-state index in [2.05, 4.69) is 11.3 Å². The maximum Gasteiger partial charge on any atom is 0.346 e. The molecule has 2 N–H and O–H groups in total. The summed E-state index contributed by atoms with van der Waals surface area (Å²) in [6, 6.07) is 3.62. The van der Waals surface area contributed by atoms with E-state index >= 15 is 0 Å². The third-order valence-corrected chi connectivity index (χ3v) is 1.59. The predicted molar refractivity (Wildman–Crippen MR) is 54.5 cm³/mol. The minimum Gasteiger partial charge on any atom is -0.508 e. The second kappa shape index (κ2) is 4.85. The number of aromatic hydroxyl groups is 2. The minimum absolute atomic E-state index is 0.0125. The van der Waals surface area contributed by atoms with Crippen molar-refractivity contribution in [3.63, 3.8) is 0 Å². The SMILES string of the molecule is C=CC=COC(=O)c1ccc(O)cc1O. The average molecular weight is 206 g/mol. The number of esters is 1. The molecule has 15 heavy (non-hydrogen) atoms. The Hall–Kier alpha value is -2.23. The highest BCUT2D eigenvalue weighted by Crippen LogP contribution is 2.23. The molecule has 4 nitrogen and oxygen atoms in total. The van der Waals surface area contributed by atoms with E-state index in [-0.39, 0.29) is 17.1 Å². The number of allylic oxidation sites excluding steroid dienone is 2. The summed E-state index contributed by atoms with van der Waals surface area (Å²) in [5.41, 5.74) is -0.0125. The number of carbonyl (C=O) groups is 1. The van der Waals surface area contributed by atoms with Gasteiger partial charge in [-0.05, 0) is 18.2 Å². The van der Waals surface area contributed by atoms with E-state index in [0.29, 0.717) is 0 Å². The van der Waals surface area contributed by atoms with Gasteiger partial charge in [0, 0.05) is 6.07 Å². The van der Waals surface area contributed by atoms with Gasteiger partial charge in [-0.25, -0.2) is 4.79 Å². The summed E-state index contributed by atoms with van der Waals surface area (Å²) in [6.45, 7) is 3.40. The Kier molecular flexibility index (Phi) is 3.51. The molecule has 0 fully saturated rings. The third-order valence-electron chi connectivity index (χ3n) is 1.59. The van der Waals surface area contributed by atoms with Crippen LogP contribution in [0.3, 0.4) is 0 Å². The summed E-state index contributed by atoms with van der Waals surface area (Å²) in [6.07, 6.45) is 4.04. The molecule has 0 aliphatic rings. The zero-order valence-corrected chi connectivity index (χ0v) is 7.88. The molecule has 0 radical (unpaired) electrons. The summed E-state index contributed by atoms with van der Waals surface area (Å²) in [5.74, 6) is -1.15. The number of carbonyl (C=O) groups excluding carboxylic acids is 1. The van der Waals surface area contributed by atoms with E-state index in [1.807, 2.05) is 0 Å². The van der Waals surface area contributed by atoms with Gasteiger partial charge in [0.15, 0.2) is 0 Å². The van der Waals surface area contributed by atoms with E-state index in [0.717, 1.165) is 12.3 Å². The molecular weight excluding hydrogens is 196 g/mol. The smallest absolute Gasteiger partial charge is 0.346 e. The van der Waals surface area contributed by atoms with Crippen molar-refractivity contribution in [2.45, 2.75) is 0 Å². The average Bonchev–Trinajstić information content (AvgIpc) is 2.17. The van der Waals surface area contributed by atoms with Crippen LogP contribution in [0.1, 0.15) is 10.4 Å². The monoisotopic (exact) mass is 206 g/mol. The fraction of sp³-hybridized carbons (Fsp3) is 0. The van der Waals surface area contributed by atoms with E-state index in [1.165, 1.54) is 24.3 Å². The molecule has 0 saturated heterocycles. The standard InChI is InChI=1S/C11H10O4/c1-2-3-6-15-11(14)9-5-4-8(12)7-10(9)13/h2-7,12-13H,1H2. The van der Waals surface area contributed by atoms with Gasteiger partial charge in [-0.2, -0.15) is 0 Å². The Morgan fingerprint density at radius 2 is 2.13 bits per heavy atom. The van der Waals surface area contributed by atoms with Crippen molar-refractivity contribution in [3.8, 4) is 11.5 Å². The molecule has 1 aromatic rings. The van der Waals surface area contributed by atoms with Crippen LogP contribution in [0.4, 0.5) is 0 Å². The van der Waals surface area contributed by atoms with Crippen molar-refractivity contribution in [1.82, 2.24) is 0 Å². The van der Waals surface area contributed by atoms with Crippen LogP contribution in [-0.2, 0) is 4.74 Å². The fourth-order valence-electron chi connectivity index (χ4n) is 0.913. The molecule has 0 unspecified atom stereocenters. The summed E-state index contributed by atoms with van der Waals surface area (Å²) in [4.78, 5) is 11.3. The van der Waals surface area contributed by atoms with Crippen LogP contribution in [0.5, 0.6) is 11.5 Å². The number of ether oxygens (including phenoxy) is 1. The lowest BCUT2D eigenvalue weighted by molar-refractivity contribution is 0.0660. The van der Waals surface area contributed by atoms with Crippen LogP contribution < -0.4 is 0 Å². The van der Waals surface area contributed by atoms with Crippen LogP contribution in [0.2, 0.25) is 0 Å². The highest BCUT2D eigenvalue weighted by molar-refractivity contribution is 5.92. The first-order valence-corrected chi connectivity index (χ1v) is 4.15. The van der Waals surface area contributed by atoms with E-state index in [1.54, 1.807) is 0 Å². The lowest BCUT2D eigenvalue weighted by atomic mass is 10.2. The molecule has 0 atom stereocenters. The third kappa shape index (κ3) is 2.87. The number of hydrogen-bond donors (Lipinski definition) is 2. The summed E-state index contributed by atoms with van der Waals surface area (Å²) < 4.78 is 4.66. The van der Waals surface area contributed by atoms with E-state index < -0.39 is 5.97 Å². The fourth-order valence-corrected chi connectivity index (χ4v) is 0.913. The van der Waals surface area contributed by atoms with Crippen molar-refractivity contribution < 1.29 is 19.7 Å². The Balaban J connectivity index is 2.82. The van der Waals surface area contributed by atoms with Crippen LogP contribution in [-0.4, -0.2) is 16.2 Å². The quantitative estimate of drug-likeness (QED) is 0.450. The Morgan fingerprint density at radius 1 is 1.40 bits per heavy atom. The van der Waals surface area contributed by atoms with Crippen LogP contribution in [0.15, 0.2) is 43.2 Å². The molecule has 0 aliphatic heterocycles. The van der Waals surface area contributed by atoms with Gasteiger partial charge in [0.1, 0.15) is 17.1 Å². The first-order chi connectivity index (χ1) is 7.15. The van der Waals surface area contributed by atoms with Crippen molar-refractivity contribution in [2.24, 2.45) is 0 Å². The van der Waals surface area contributed by atoms with E-state index in [4.69, 9.17) is 5.11 Å². The highest BCUT2D eigenvalue weighted by atomic mass is 16.5. The normalized spacial score (nSPS) is 10.1. The number of benzene rings is 1. The molecule has 0 amide bonds. The summed E-state index contributed by atoms with van der Waals surface area (Å²) in [5, 5.41) is 18.3. The topological polar surface area (TPSA) is 66.8 Å². The molecule has 0 spiro atoms. The molecule has 1 aromatic carbocycles. The number of hydrogen-bond acceptors (Lipinski definition) is 4. The Labute approximate surface area is 86.7 Å². The molecule has 0 heterocycles. The van der Waals surface area contributed by atoms with Crippen LogP contribution >= 0.6 is 0 Å². The lowest BCUT2D eigenvalue weighted by Gasteiger charge is -2.02. The zero-order valence-electron chi connectivity index (χ0n) is 7.88. The Morgan fingerprint density at radius 3 is 2.73 bits per heavy atom. The Bertz CT molecular complexity index is 407. The second-order valence-electron chi connectivity index (χ2n) is 2.67. The van der Waals surface area contributed by atoms with Crippen molar-refractivity contribution in [3.05, 3.63) is 48.8 Å². The van der Waals surface area contributed by atoms with Gasteiger partial charge in [-0.15, -0.1) is 0 Å². The van der Waals surface area contributed by atoms with Gasteiger partial charge in [-0.1, -0.05) is 12.7 Å². The van der Waals surface area contributed by atoms with E-state index in [9.17, 15) is 9.90 Å². The maximum absolute atomic E-state index is 11.3. The van der Waals surface area contributed by atoms with Gasteiger partial charge in [0.25, 0.3) is 0 Å². The molecule has 0 saturated carbocycles. The summed E-state index contributed by atoms with van der Waals surface area (Å²) >= 11 is 0. The van der Waals surface area contributed by atoms with Gasteiger partial charge >= 0.3 is 5.97 Å². The molecule has 1 rings (SSSR count). The van der Waals surface area contributed by atoms with Crippen molar-refractivity contribution >= 4 is 5.97 Å². The van der Waals surface area contributed by atoms with Gasteiger partial charge in [-0.3, -0.25) is 0 Å². The second-order valence-corrected chi connectivity index (χ2v) is 2.67. The molecule has 0 aliphatic carbocycles. The largest absolute Gasteiger partial charge is 0.508 e. The minimum atomic E-state index is -0.703. The zero-order chi connectivity index (χ0) is 11.3. The van der Waals surface area contributed by atoms with Crippen molar-refractivity contribution in [2.75, 3.05) is 0 Å². The van der Waals surface area contributed by atoms with Gasteiger partial charge in [0.05, 0.1) is 6.26 Å². The molecule has 0 bridgehead atoms. The number of rotatable bonds is 3. The highest BCUT2D eigenvalue weighted by Gasteiger charge is 2.11. The molecule has 4 heteroatoms. The first kappa shape index (κ1) is 10.8. The van der Waals surface area contributed by atoms with Gasteiger partial charge < -0.3 is 14.9 Å². The number of phenolic OH excluding ortho intramolecular Hbond substituents is 2. The molecule has 0 aromatic heterocycles. The first-order valence-electron chi connectivity index (χ1n) is 4.15. The predicted octanol–water partition coefficient (Wildman–Crippen LogP) is 1.95. The van der Waals surface area contributed by atoms with Crippen molar-refractivity contribution in [1.29, 1.82) is 0 Å². The van der Waals surface area contributed by atoms with Gasteiger partial charge in [0.2, 0.25) is 0 Å². The van der Waals surface area contributed by atoms with Crippen LogP contribution in [0.25, 0.3) is 0 Å². The van der Waals surface area contributed by atoms with Crippen LogP contribution in [0, 0.1) is 0 Å². The maximum atomic E-state index is 11.3. The summed E-state index contributed by atoms with van der Waals surface area (Å²) in [7, 11) is 0.